The van der Waals surface area contributed by atoms with Crippen molar-refractivity contribution in [1.82, 2.24) is 0 Å². The van der Waals surface area contributed by atoms with Crippen molar-refractivity contribution in [2.45, 2.75) is 6.61 Å². The van der Waals surface area contributed by atoms with Crippen molar-refractivity contribution in [3.05, 3.63) is 59.7 Å². The van der Waals surface area contributed by atoms with Gasteiger partial charge in [0.25, 0.3) is 5.91 Å². The van der Waals surface area contributed by atoms with Crippen molar-refractivity contribution in [3.8, 4) is 0 Å². The zero-order valence-electron chi connectivity index (χ0n) is 13.8. The van der Waals surface area contributed by atoms with Crippen LogP contribution in [-0.4, -0.2) is 39.3 Å². The summed E-state index contributed by atoms with van der Waals surface area (Å²) in [5.41, 5.74) is 3.56. The fourth-order valence-electron chi connectivity index (χ4n) is 2.75. The molecule has 5 nitrogen and oxygen atoms in total. The first-order valence-corrected chi connectivity index (χ1v) is 8.08. The number of carbonyl (C=O) groups excluding carboxylic acids is 1. The van der Waals surface area contributed by atoms with Gasteiger partial charge < -0.3 is 19.7 Å². The smallest absolute Gasteiger partial charge is 0.255 e. The first kappa shape index (κ1) is 16.5. The summed E-state index contributed by atoms with van der Waals surface area (Å²) in [6.45, 7) is 3.80. The molecule has 1 fully saturated rings. The summed E-state index contributed by atoms with van der Waals surface area (Å²) in [7, 11) is 1.65. The number of morpholine rings is 1. The van der Waals surface area contributed by atoms with Crippen LogP contribution in [0.15, 0.2) is 48.5 Å². The minimum atomic E-state index is -0.113. The maximum absolute atomic E-state index is 12.4. The largest absolute Gasteiger partial charge is 0.380 e. The van der Waals surface area contributed by atoms with Gasteiger partial charge in [0, 0.05) is 37.1 Å². The Morgan fingerprint density at radius 1 is 1.17 bits per heavy atom. The normalized spacial score (nSPS) is 14.5. The maximum Gasteiger partial charge on any atom is 0.255 e. The average Bonchev–Trinajstić information content (AvgIpc) is 2.63. The average molecular weight is 326 g/mol. The molecule has 1 N–H and O–H groups in total. The van der Waals surface area contributed by atoms with Crippen LogP contribution in [0, 0.1) is 0 Å². The van der Waals surface area contributed by atoms with E-state index in [4.69, 9.17) is 9.47 Å². The number of rotatable bonds is 5. The molecule has 24 heavy (non-hydrogen) atoms. The summed E-state index contributed by atoms with van der Waals surface area (Å²) in [5, 5.41) is 2.93. The number of anilines is 2. The Bertz CT molecular complexity index is 679. The lowest BCUT2D eigenvalue weighted by molar-refractivity contribution is 0.102. The van der Waals surface area contributed by atoms with Gasteiger partial charge in [-0.05, 0) is 42.0 Å². The van der Waals surface area contributed by atoms with E-state index in [1.807, 2.05) is 48.5 Å². The van der Waals surface area contributed by atoms with Gasteiger partial charge in [-0.15, -0.1) is 0 Å². The Morgan fingerprint density at radius 3 is 2.62 bits per heavy atom. The first-order valence-electron chi connectivity index (χ1n) is 8.08. The summed E-state index contributed by atoms with van der Waals surface area (Å²) in [4.78, 5) is 14.7. The zero-order valence-corrected chi connectivity index (χ0v) is 13.8. The Hall–Kier alpha value is -2.37. The van der Waals surface area contributed by atoms with E-state index in [-0.39, 0.29) is 5.91 Å². The number of ether oxygens (including phenoxy) is 2. The van der Waals surface area contributed by atoms with Crippen LogP contribution < -0.4 is 10.2 Å². The van der Waals surface area contributed by atoms with Crippen LogP contribution in [0.3, 0.4) is 0 Å². The third kappa shape index (κ3) is 4.13. The van der Waals surface area contributed by atoms with E-state index in [2.05, 4.69) is 10.2 Å². The molecule has 1 heterocycles. The number of methoxy groups -OCH3 is 1. The Balaban J connectivity index is 1.65. The Morgan fingerprint density at radius 2 is 1.92 bits per heavy atom. The fourth-order valence-corrected chi connectivity index (χ4v) is 2.75. The van der Waals surface area contributed by atoms with Crippen molar-refractivity contribution in [3.63, 3.8) is 0 Å². The first-order chi connectivity index (χ1) is 11.8. The second-order valence-electron chi connectivity index (χ2n) is 5.73. The van der Waals surface area contributed by atoms with Gasteiger partial charge >= 0.3 is 0 Å². The molecule has 2 aromatic carbocycles. The summed E-state index contributed by atoms with van der Waals surface area (Å²) < 4.78 is 10.5. The van der Waals surface area contributed by atoms with Gasteiger partial charge in [0.15, 0.2) is 0 Å². The lowest BCUT2D eigenvalue weighted by Gasteiger charge is -2.28. The molecular formula is C19H22N2O3. The van der Waals surface area contributed by atoms with Gasteiger partial charge in [-0.2, -0.15) is 0 Å². The molecule has 1 aliphatic rings. The standard InChI is InChI=1S/C19H22N2O3/c1-23-14-15-3-2-4-17(13-15)20-19(22)16-5-7-18(8-6-16)21-9-11-24-12-10-21/h2-8,13H,9-12,14H2,1H3,(H,20,22). The summed E-state index contributed by atoms with van der Waals surface area (Å²) in [5.74, 6) is -0.113. The second-order valence-corrected chi connectivity index (χ2v) is 5.73. The predicted octanol–water partition coefficient (Wildman–Crippen LogP) is 2.92. The molecule has 1 amide bonds. The fraction of sp³-hybridized carbons (Fsp3) is 0.316. The van der Waals surface area contributed by atoms with Gasteiger partial charge in [-0.3, -0.25) is 4.79 Å². The number of hydrogen-bond acceptors (Lipinski definition) is 4. The summed E-state index contributed by atoms with van der Waals surface area (Å²) in [6.07, 6.45) is 0. The highest BCUT2D eigenvalue weighted by Crippen LogP contribution is 2.18. The third-order valence-electron chi connectivity index (χ3n) is 4.00. The molecule has 0 spiro atoms. The highest BCUT2D eigenvalue weighted by atomic mass is 16.5. The number of carbonyl (C=O) groups is 1. The third-order valence-corrected chi connectivity index (χ3v) is 4.00. The molecule has 0 aliphatic carbocycles. The monoisotopic (exact) mass is 326 g/mol. The molecule has 0 bridgehead atoms. The Kier molecular flexibility index (Phi) is 5.46. The van der Waals surface area contributed by atoms with Crippen molar-refractivity contribution < 1.29 is 14.3 Å². The molecule has 126 valence electrons. The van der Waals surface area contributed by atoms with E-state index in [1.54, 1.807) is 7.11 Å². The van der Waals surface area contributed by atoms with E-state index in [0.29, 0.717) is 12.2 Å². The maximum atomic E-state index is 12.4. The van der Waals surface area contributed by atoms with E-state index >= 15 is 0 Å². The number of nitrogens with one attached hydrogen (secondary N) is 1. The number of hydrogen-bond donors (Lipinski definition) is 1. The number of amides is 1. The van der Waals surface area contributed by atoms with Crippen LogP contribution in [0.25, 0.3) is 0 Å². The van der Waals surface area contributed by atoms with Crippen molar-refractivity contribution >= 4 is 17.3 Å². The van der Waals surface area contributed by atoms with E-state index in [0.717, 1.165) is 43.2 Å². The molecule has 0 radical (unpaired) electrons. The number of nitrogens with zero attached hydrogens (tertiary/aromatic N) is 1. The molecule has 2 aromatic rings. The van der Waals surface area contributed by atoms with Gasteiger partial charge in [0.2, 0.25) is 0 Å². The van der Waals surface area contributed by atoms with E-state index < -0.39 is 0 Å². The molecule has 0 atom stereocenters. The topological polar surface area (TPSA) is 50.8 Å². The lowest BCUT2D eigenvalue weighted by Crippen LogP contribution is -2.36. The second kappa shape index (κ2) is 7.95. The summed E-state index contributed by atoms with van der Waals surface area (Å²) >= 11 is 0. The van der Waals surface area contributed by atoms with E-state index in [9.17, 15) is 4.79 Å². The molecule has 0 saturated carbocycles. The minimum Gasteiger partial charge on any atom is -0.380 e. The molecule has 3 rings (SSSR count). The van der Waals surface area contributed by atoms with Gasteiger partial charge in [0.05, 0.1) is 19.8 Å². The predicted molar refractivity (Wildman–Crippen MR) is 94.6 cm³/mol. The molecule has 1 saturated heterocycles. The highest BCUT2D eigenvalue weighted by Gasteiger charge is 2.12. The number of benzene rings is 2. The van der Waals surface area contributed by atoms with E-state index in [1.165, 1.54) is 0 Å². The van der Waals surface area contributed by atoms with Crippen LogP contribution in [0.1, 0.15) is 15.9 Å². The van der Waals surface area contributed by atoms with Gasteiger partial charge in [-0.1, -0.05) is 12.1 Å². The van der Waals surface area contributed by atoms with Crippen LogP contribution in [0.4, 0.5) is 11.4 Å². The SMILES string of the molecule is COCc1cccc(NC(=O)c2ccc(N3CCOCC3)cc2)c1. The van der Waals surface area contributed by atoms with Crippen LogP contribution in [0.2, 0.25) is 0 Å². The lowest BCUT2D eigenvalue weighted by atomic mass is 10.1. The molecule has 1 aliphatic heterocycles. The molecule has 5 heteroatoms. The Labute approximate surface area is 142 Å². The highest BCUT2D eigenvalue weighted by molar-refractivity contribution is 6.04. The molecular weight excluding hydrogens is 304 g/mol. The van der Waals surface area contributed by atoms with Crippen LogP contribution in [0.5, 0.6) is 0 Å². The molecule has 0 unspecified atom stereocenters. The molecule has 0 aromatic heterocycles. The van der Waals surface area contributed by atoms with Crippen molar-refractivity contribution in [2.24, 2.45) is 0 Å². The van der Waals surface area contributed by atoms with Crippen LogP contribution in [-0.2, 0) is 16.1 Å². The van der Waals surface area contributed by atoms with Crippen molar-refractivity contribution in [2.75, 3.05) is 43.6 Å². The van der Waals surface area contributed by atoms with Crippen molar-refractivity contribution in [1.29, 1.82) is 0 Å². The van der Waals surface area contributed by atoms with Crippen LogP contribution >= 0.6 is 0 Å². The van der Waals surface area contributed by atoms with Gasteiger partial charge in [0.1, 0.15) is 0 Å². The van der Waals surface area contributed by atoms with Gasteiger partial charge in [-0.25, -0.2) is 0 Å². The zero-order chi connectivity index (χ0) is 16.8. The minimum absolute atomic E-state index is 0.113. The quantitative estimate of drug-likeness (QED) is 0.918. The summed E-state index contributed by atoms with van der Waals surface area (Å²) in [6, 6.07) is 15.4.